The number of para-hydroxylation sites is 2. The Hall–Kier alpha value is -3.48. The lowest BCUT2D eigenvalue weighted by molar-refractivity contribution is -0.128. The van der Waals surface area contributed by atoms with E-state index in [9.17, 15) is 22.8 Å². The Morgan fingerprint density at radius 2 is 1.77 bits per heavy atom. The molecule has 1 aliphatic rings. The largest absolute Gasteiger partial charge is 0.496 e. The number of anilines is 2. The van der Waals surface area contributed by atoms with Crippen molar-refractivity contribution in [1.82, 2.24) is 10.6 Å². The number of likely N-dealkylation sites (N-methyl/N-ethyl adjacent to an activating group) is 1. The summed E-state index contributed by atoms with van der Waals surface area (Å²) in [6.07, 6.45) is 0.977. The Bertz CT molecular complexity index is 1580. The number of ether oxygens (including phenoxy) is 1. The Balaban J connectivity index is 1.88. The van der Waals surface area contributed by atoms with Crippen LogP contribution in [0, 0.1) is 0 Å². The quantitative estimate of drug-likeness (QED) is 0.392. The van der Waals surface area contributed by atoms with Crippen LogP contribution in [0.25, 0.3) is 10.8 Å². The highest BCUT2D eigenvalue weighted by Gasteiger charge is 2.38. The summed E-state index contributed by atoms with van der Waals surface area (Å²) in [6.45, 7) is 1.48. The van der Waals surface area contributed by atoms with Gasteiger partial charge in [0.15, 0.2) is 9.84 Å². The number of hydrogen-bond acceptors (Lipinski definition) is 7. The normalized spacial score (nSPS) is 16.3. The van der Waals surface area contributed by atoms with E-state index in [-0.39, 0.29) is 13.1 Å². The Labute approximate surface area is 241 Å². The molecule has 0 radical (unpaired) electrons. The first-order chi connectivity index (χ1) is 18.9. The van der Waals surface area contributed by atoms with Gasteiger partial charge in [0.05, 0.1) is 37.6 Å². The molecule has 3 aromatic carbocycles. The van der Waals surface area contributed by atoms with Crippen molar-refractivity contribution >= 4 is 65.6 Å². The van der Waals surface area contributed by atoms with Crippen molar-refractivity contribution < 1.29 is 27.5 Å². The number of methoxy groups -OCH3 is 1. The third kappa shape index (κ3) is 6.13. The molecule has 0 fully saturated rings. The number of carbonyl (C=O) groups is 3. The minimum absolute atomic E-state index is 0.0644. The van der Waals surface area contributed by atoms with E-state index >= 15 is 0 Å². The van der Waals surface area contributed by atoms with E-state index in [1.165, 1.54) is 9.80 Å². The molecule has 40 heavy (non-hydrogen) atoms. The SMILES string of the molecule is CN[C@@H](C)C(=O)NC1CN(C(=O)CS(C)(=O)=O)c2ccccc2N(Cc2c(OC)ccc3c(Br)cccc23)C1=O. The number of rotatable bonds is 8. The summed E-state index contributed by atoms with van der Waals surface area (Å²) in [5.41, 5.74) is 1.50. The van der Waals surface area contributed by atoms with Crippen LogP contribution in [-0.4, -0.2) is 70.9 Å². The van der Waals surface area contributed by atoms with Gasteiger partial charge in [-0.15, -0.1) is 0 Å². The lowest BCUT2D eigenvalue weighted by atomic mass is 10.0. The zero-order chi connectivity index (χ0) is 29.2. The molecule has 1 heterocycles. The van der Waals surface area contributed by atoms with Gasteiger partial charge in [0, 0.05) is 16.3 Å². The second-order valence-electron chi connectivity index (χ2n) is 9.64. The molecule has 0 spiro atoms. The topological polar surface area (TPSA) is 125 Å². The molecule has 4 rings (SSSR count). The van der Waals surface area contributed by atoms with Gasteiger partial charge in [-0.3, -0.25) is 14.4 Å². The maximum Gasteiger partial charge on any atom is 0.251 e. The van der Waals surface area contributed by atoms with E-state index in [2.05, 4.69) is 26.6 Å². The van der Waals surface area contributed by atoms with Crippen molar-refractivity contribution in [3.63, 3.8) is 0 Å². The summed E-state index contributed by atoms with van der Waals surface area (Å²) in [4.78, 5) is 43.2. The third-order valence-corrected chi connectivity index (χ3v) is 8.30. The monoisotopic (exact) mass is 630 g/mol. The van der Waals surface area contributed by atoms with Crippen molar-refractivity contribution in [3.05, 3.63) is 64.6 Å². The summed E-state index contributed by atoms with van der Waals surface area (Å²) in [5, 5.41) is 7.38. The predicted molar refractivity (Wildman–Crippen MR) is 158 cm³/mol. The highest BCUT2D eigenvalue weighted by Crippen LogP contribution is 2.38. The van der Waals surface area contributed by atoms with Gasteiger partial charge in [-0.2, -0.15) is 0 Å². The third-order valence-electron chi connectivity index (χ3n) is 6.84. The summed E-state index contributed by atoms with van der Waals surface area (Å²) in [7, 11) is -0.497. The van der Waals surface area contributed by atoms with Crippen molar-refractivity contribution in [2.45, 2.75) is 25.6 Å². The number of hydrogen-bond donors (Lipinski definition) is 2. The summed E-state index contributed by atoms with van der Waals surface area (Å²) in [5.74, 6) is -1.76. The number of benzene rings is 3. The zero-order valence-corrected chi connectivity index (χ0v) is 25.0. The Morgan fingerprint density at radius 1 is 1.07 bits per heavy atom. The Morgan fingerprint density at radius 3 is 2.42 bits per heavy atom. The zero-order valence-electron chi connectivity index (χ0n) is 22.6. The first kappa shape index (κ1) is 29.5. The van der Waals surface area contributed by atoms with Crippen LogP contribution in [0.5, 0.6) is 5.75 Å². The molecular formula is C28H31BrN4O6S. The molecule has 3 amide bonds. The minimum atomic E-state index is -3.67. The van der Waals surface area contributed by atoms with Gasteiger partial charge in [-0.25, -0.2) is 8.42 Å². The molecule has 3 aromatic rings. The summed E-state index contributed by atoms with van der Waals surface area (Å²) in [6, 6.07) is 14.5. The average molecular weight is 632 g/mol. The first-order valence-corrected chi connectivity index (χ1v) is 15.4. The summed E-state index contributed by atoms with van der Waals surface area (Å²) < 4.78 is 30.6. The molecule has 0 bridgehead atoms. The molecule has 0 aromatic heterocycles. The average Bonchev–Trinajstić information content (AvgIpc) is 3.02. The van der Waals surface area contributed by atoms with E-state index in [0.717, 1.165) is 27.1 Å². The molecule has 1 unspecified atom stereocenters. The molecule has 2 atom stereocenters. The number of nitrogens with zero attached hydrogens (tertiary/aromatic N) is 2. The van der Waals surface area contributed by atoms with Crippen molar-refractivity contribution in [2.24, 2.45) is 0 Å². The van der Waals surface area contributed by atoms with Crippen LogP contribution in [0.4, 0.5) is 11.4 Å². The van der Waals surface area contributed by atoms with Crippen molar-refractivity contribution in [1.29, 1.82) is 0 Å². The molecular weight excluding hydrogens is 600 g/mol. The van der Waals surface area contributed by atoms with Crippen LogP contribution in [0.3, 0.4) is 0 Å². The Kier molecular flexibility index (Phi) is 8.81. The maximum atomic E-state index is 14.2. The summed E-state index contributed by atoms with van der Waals surface area (Å²) >= 11 is 3.59. The lowest BCUT2D eigenvalue weighted by Gasteiger charge is -2.27. The number of halogens is 1. The van der Waals surface area contributed by atoms with E-state index in [1.807, 2.05) is 30.3 Å². The molecule has 1 aliphatic heterocycles. The molecule has 10 nitrogen and oxygen atoms in total. The van der Waals surface area contributed by atoms with Gasteiger partial charge in [0.2, 0.25) is 11.8 Å². The molecule has 212 valence electrons. The highest BCUT2D eigenvalue weighted by molar-refractivity contribution is 9.10. The number of fused-ring (bicyclic) bond motifs is 2. The van der Waals surface area contributed by atoms with Crippen LogP contribution in [-0.2, 0) is 30.8 Å². The second-order valence-corrected chi connectivity index (χ2v) is 12.6. The first-order valence-electron chi connectivity index (χ1n) is 12.6. The van der Waals surface area contributed by atoms with Crippen molar-refractivity contribution in [2.75, 3.05) is 42.5 Å². The smallest absolute Gasteiger partial charge is 0.251 e. The van der Waals surface area contributed by atoms with Gasteiger partial charge >= 0.3 is 0 Å². The predicted octanol–water partition coefficient (Wildman–Crippen LogP) is 2.63. The van der Waals surface area contributed by atoms with E-state index < -0.39 is 45.4 Å². The molecule has 0 saturated heterocycles. The maximum absolute atomic E-state index is 14.2. The molecule has 0 saturated carbocycles. The standard InChI is InChI=1S/C28H31BrN4O6S/c1-17(30-2)27(35)31-22-15-32(26(34)16-40(4,37)38)23-10-5-6-11-24(23)33(28(22)36)14-20-18-8-7-9-21(29)19(18)12-13-25(20)39-3/h5-13,17,22,30H,14-16H2,1-4H3,(H,31,35)/t17-,22?/m0/s1. The number of amides is 3. The van der Waals surface area contributed by atoms with Crippen LogP contribution < -0.4 is 25.2 Å². The lowest BCUT2D eigenvalue weighted by Crippen LogP contribution is -2.56. The number of carbonyl (C=O) groups excluding carboxylic acids is 3. The number of sulfone groups is 1. The molecule has 2 N–H and O–H groups in total. The minimum Gasteiger partial charge on any atom is -0.496 e. The fourth-order valence-corrected chi connectivity index (χ4v) is 5.80. The van der Waals surface area contributed by atoms with Crippen LogP contribution in [0.1, 0.15) is 12.5 Å². The second kappa shape index (κ2) is 11.9. The highest BCUT2D eigenvalue weighted by atomic mass is 79.9. The van der Waals surface area contributed by atoms with Gasteiger partial charge in [-0.05, 0) is 55.1 Å². The van der Waals surface area contributed by atoms with Crippen LogP contribution in [0.2, 0.25) is 0 Å². The van der Waals surface area contributed by atoms with Gasteiger partial charge in [-0.1, -0.05) is 40.2 Å². The number of nitrogens with one attached hydrogen (secondary N) is 2. The van der Waals surface area contributed by atoms with E-state index in [1.54, 1.807) is 45.3 Å². The van der Waals surface area contributed by atoms with Gasteiger partial charge in [0.25, 0.3) is 5.91 Å². The van der Waals surface area contributed by atoms with Gasteiger partial charge in [0.1, 0.15) is 17.5 Å². The van der Waals surface area contributed by atoms with E-state index in [0.29, 0.717) is 17.1 Å². The van der Waals surface area contributed by atoms with Crippen molar-refractivity contribution in [3.8, 4) is 5.75 Å². The molecule has 12 heteroatoms. The van der Waals surface area contributed by atoms with Crippen LogP contribution in [0.15, 0.2) is 59.1 Å². The fraction of sp³-hybridized carbons (Fsp3) is 0.321. The van der Waals surface area contributed by atoms with Gasteiger partial charge < -0.3 is 25.2 Å². The van der Waals surface area contributed by atoms with Crippen LogP contribution >= 0.6 is 15.9 Å². The van der Waals surface area contributed by atoms with E-state index in [4.69, 9.17) is 4.74 Å². The molecule has 0 aliphatic carbocycles. The fourth-order valence-electron chi connectivity index (χ4n) is 4.70.